The smallest absolute Gasteiger partial charge is 0.328 e. The number of rotatable bonds is 21. The van der Waals surface area contributed by atoms with E-state index >= 15 is 0 Å². The molecule has 0 heterocycles. The van der Waals surface area contributed by atoms with Gasteiger partial charge in [0.2, 0.25) is 11.8 Å². The van der Waals surface area contributed by atoms with Crippen LogP contribution in [0.4, 0.5) is 0 Å². The van der Waals surface area contributed by atoms with Crippen molar-refractivity contribution in [3.8, 4) is 0 Å². The van der Waals surface area contributed by atoms with Crippen LogP contribution in [0, 0.1) is 0 Å². The van der Waals surface area contributed by atoms with Crippen molar-refractivity contribution in [1.82, 2.24) is 10.6 Å². The summed E-state index contributed by atoms with van der Waals surface area (Å²) in [7, 11) is 0. The van der Waals surface area contributed by atoms with Gasteiger partial charge in [0.1, 0.15) is 0 Å². The highest BCUT2D eigenvalue weighted by Gasteiger charge is 1.99. The Balaban J connectivity index is 3.60. The van der Waals surface area contributed by atoms with Crippen LogP contribution in [-0.4, -0.2) is 36.0 Å². The Morgan fingerprint density at radius 3 is 1.53 bits per heavy atom. The molecule has 0 aliphatic carbocycles. The Morgan fingerprint density at radius 2 is 1.06 bits per heavy atom. The molecule has 0 saturated heterocycles. The van der Waals surface area contributed by atoms with E-state index in [1.54, 1.807) is 0 Å². The third kappa shape index (κ3) is 26.8. The van der Waals surface area contributed by atoms with Gasteiger partial charge in [-0.25, -0.2) is 4.79 Å². The fraction of sp³-hybridized carbons (Fsp3) is 0.433. The topological polar surface area (TPSA) is 95.5 Å². The van der Waals surface area contributed by atoms with Gasteiger partial charge in [0.25, 0.3) is 0 Å². The average Bonchev–Trinajstić information content (AvgIpc) is 2.86. The number of amides is 2. The lowest BCUT2D eigenvalue weighted by molar-refractivity contribution is -0.131. The molecule has 0 radical (unpaired) electrons. The highest BCUT2D eigenvalue weighted by Crippen LogP contribution is 1.98. The number of hydrogen-bond donors (Lipinski definition) is 3. The lowest BCUT2D eigenvalue weighted by Gasteiger charge is -2.05. The second-order valence-corrected chi connectivity index (χ2v) is 7.97. The largest absolute Gasteiger partial charge is 0.478 e. The minimum absolute atomic E-state index is 0.0166. The van der Waals surface area contributed by atoms with Crippen molar-refractivity contribution >= 4 is 17.8 Å². The average molecular weight is 497 g/mol. The minimum atomic E-state index is -1.16. The Morgan fingerprint density at radius 1 is 0.611 bits per heavy atom. The second-order valence-electron chi connectivity index (χ2n) is 7.97. The summed E-state index contributed by atoms with van der Waals surface area (Å²) < 4.78 is 0. The third-order valence-electron chi connectivity index (χ3n) is 4.74. The first-order valence-corrected chi connectivity index (χ1v) is 12.9. The van der Waals surface area contributed by atoms with Crippen molar-refractivity contribution in [3.05, 3.63) is 85.1 Å². The van der Waals surface area contributed by atoms with E-state index in [0.29, 0.717) is 32.4 Å². The molecule has 6 heteroatoms. The first-order valence-electron chi connectivity index (χ1n) is 12.9. The molecule has 0 aromatic heterocycles. The predicted octanol–water partition coefficient (Wildman–Crippen LogP) is 6.12. The molecular formula is C30H44N2O4. The molecule has 0 saturated carbocycles. The van der Waals surface area contributed by atoms with Gasteiger partial charge >= 0.3 is 5.97 Å². The van der Waals surface area contributed by atoms with Crippen LogP contribution < -0.4 is 10.6 Å². The van der Waals surface area contributed by atoms with E-state index in [0.717, 1.165) is 57.1 Å². The summed E-state index contributed by atoms with van der Waals surface area (Å²) in [6, 6.07) is 0. The van der Waals surface area contributed by atoms with Crippen LogP contribution in [0.2, 0.25) is 0 Å². The van der Waals surface area contributed by atoms with Gasteiger partial charge in [-0.1, -0.05) is 79.8 Å². The van der Waals surface area contributed by atoms with Crippen LogP contribution in [0.5, 0.6) is 0 Å². The van der Waals surface area contributed by atoms with E-state index in [1.165, 1.54) is 0 Å². The zero-order valence-corrected chi connectivity index (χ0v) is 21.7. The van der Waals surface area contributed by atoms with E-state index in [-0.39, 0.29) is 5.91 Å². The Bertz CT molecular complexity index is 802. The quantitative estimate of drug-likeness (QED) is 0.101. The molecule has 198 valence electrons. The van der Waals surface area contributed by atoms with Crippen molar-refractivity contribution < 1.29 is 19.5 Å². The molecule has 3 N–H and O–H groups in total. The Hall–Kier alpha value is -3.41. The molecule has 0 rings (SSSR count). The number of carboxylic acids is 1. The number of hydrogen-bond acceptors (Lipinski definition) is 3. The first kappa shape index (κ1) is 32.6. The van der Waals surface area contributed by atoms with Gasteiger partial charge in [0.05, 0.1) is 0 Å². The number of allylic oxidation sites excluding steroid dienone is 12. The summed E-state index contributed by atoms with van der Waals surface area (Å²) in [6.45, 7) is 3.14. The Labute approximate surface area is 217 Å². The summed E-state index contributed by atoms with van der Waals surface area (Å²) in [5.41, 5.74) is 0. The van der Waals surface area contributed by atoms with Crippen molar-refractivity contribution in [2.75, 3.05) is 13.1 Å². The van der Waals surface area contributed by atoms with Crippen LogP contribution in [-0.2, 0) is 14.4 Å². The normalized spacial score (nSPS) is 12.5. The maximum absolute atomic E-state index is 11.8. The van der Waals surface area contributed by atoms with E-state index in [2.05, 4.69) is 84.4 Å². The molecule has 0 aromatic carbocycles. The van der Waals surface area contributed by atoms with Gasteiger partial charge in [-0.15, -0.1) is 0 Å². The number of unbranched alkanes of at least 4 members (excludes halogenated alkanes) is 1. The zero-order valence-electron chi connectivity index (χ0n) is 21.7. The highest BCUT2D eigenvalue weighted by atomic mass is 16.4. The maximum atomic E-state index is 11.8. The van der Waals surface area contributed by atoms with Gasteiger partial charge in [-0.2, -0.15) is 0 Å². The molecule has 0 aliphatic rings. The highest BCUT2D eigenvalue weighted by molar-refractivity contribution is 5.93. The second kappa shape index (κ2) is 26.2. The summed E-state index contributed by atoms with van der Waals surface area (Å²) in [6.07, 6.45) is 36.1. The Kier molecular flexibility index (Phi) is 23.7. The molecule has 0 fully saturated rings. The number of carbonyl (C=O) groups is 3. The molecule has 0 aliphatic heterocycles. The van der Waals surface area contributed by atoms with Crippen molar-refractivity contribution in [3.63, 3.8) is 0 Å². The summed E-state index contributed by atoms with van der Waals surface area (Å²) in [5.74, 6) is -1.57. The molecule has 0 spiro atoms. The lowest BCUT2D eigenvalue weighted by atomic mass is 10.2. The van der Waals surface area contributed by atoms with Crippen LogP contribution >= 0.6 is 0 Å². The monoisotopic (exact) mass is 496 g/mol. The van der Waals surface area contributed by atoms with Gasteiger partial charge in [0.15, 0.2) is 0 Å². The fourth-order valence-electron chi connectivity index (χ4n) is 2.84. The summed E-state index contributed by atoms with van der Waals surface area (Å²) in [5, 5.41) is 13.9. The third-order valence-corrected chi connectivity index (χ3v) is 4.74. The molecular weight excluding hydrogens is 452 g/mol. The molecule has 0 atom stereocenters. The number of carbonyl (C=O) groups excluding carboxylic acids is 2. The van der Waals surface area contributed by atoms with Crippen molar-refractivity contribution in [2.45, 2.75) is 71.1 Å². The first-order chi connectivity index (χ1) is 17.6. The molecule has 36 heavy (non-hydrogen) atoms. The number of carboxylic acid groups (broad SMARTS) is 1. The van der Waals surface area contributed by atoms with Crippen molar-refractivity contribution in [1.29, 1.82) is 0 Å². The van der Waals surface area contributed by atoms with Crippen LogP contribution in [0.3, 0.4) is 0 Å². The van der Waals surface area contributed by atoms with Crippen LogP contribution in [0.1, 0.15) is 71.1 Å². The minimum Gasteiger partial charge on any atom is -0.478 e. The van der Waals surface area contributed by atoms with Gasteiger partial charge in [0, 0.05) is 31.7 Å². The maximum Gasteiger partial charge on any atom is 0.328 e. The lowest BCUT2D eigenvalue weighted by Crippen LogP contribution is -2.26. The molecule has 0 unspecified atom stereocenters. The predicted molar refractivity (Wildman–Crippen MR) is 149 cm³/mol. The van der Waals surface area contributed by atoms with Gasteiger partial charge in [-0.05, 0) is 57.8 Å². The van der Waals surface area contributed by atoms with E-state index in [4.69, 9.17) is 5.11 Å². The van der Waals surface area contributed by atoms with E-state index in [9.17, 15) is 14.4 Å². The molecule has 0 bridgehead atoms. The molecule has 2 amide bonds. The van der Waals surface area contributed by atoms with Crippen LogP contribution in [0.25, 0.3) is 0 Å². The summed E-state index contributed by atoms with van der Waals surface area (Å²) in [4.78, 5) is 33.4. The molecule has 0 aromatic rings. The molecule has 6 nitrogen and oxygen atoms in total. The van der Waals surface area contributed by atoms with E-state index < -0.39 is 11.9 Å². The van der Waals surface area contributed by atoms with Crippen LogP contribution in [0.15, 0.2) is 85.1 Å². The zero-order chi connectivity index (χ0) is 26.5. The van der Waals surface area contributed by atoms with Crippen molar-refractivity contribution in [2.24, 2.45) is 0 Å². The number of nitrogens with one attached hydrogen (secondary N) is 2. The fourth-order valence-corrected chi connectivity index (χ4v) is 2.84. The van der Waals surface area contributed by atoms with E-state index in [1.807, 2.05) is 6.08 Å². The standard InChI is InChI=1S/C30H44N2O4/c1-2-3-4-5-6-7-8-9-10-11-12-13-14-15-16-17-18-19-20-23-28(33)31-26-21-22-27-32-29(34)24-25-30(35)36/h3-4,6-7,9-10,12-13,15-16,18-19,24-25H,2,5,8,11,14,17,20-23,26-27H2,1H3,(H,31,33)(H,32,34)(H,35,36). The number of aliphatic carboxylic acids is 1. The summed E-state index contributed by atoms with van der Waals surface area (Å²) >= 11 is 0. The van der Waals surface area contributed by atoms with Gasteiger partial charge < -0.3 is 15.7 Å². The SMILES string of the molecule is CCC=CCC=CCC=CCC=CCC=CCC=CCCC(=O)NCCCCNC(=O)C=CC(=O)O. The van der Waals surface area contributed by atoms with Gasteiger partial charge in [-0.3, -0.25) is 9.59 Å².